The van der Waals surface area contributed by atoms with Crippen LogP contribution in [0.5, 0.6) is 10.9 Å². The number of ether oxygens (including phenoxy) is 2. The van der Waals surface area contributed by atoms with Gasteiger partial charge in [0.05, 0.1) is 6.54 Å². The Morgan fingerprint density at radius 3 is 2.70 bits per heavy atom. The second-order valence-electron chi connectivity index (χ2n) is 4.63. The van der Waals surface area contributed by atoms with Crippen molar-refractivity contribution in [3.05, 3.63) is 35.3 Å². The quantitative estimate of drug-likeness (QED) is 0.756. The summed E-state index contributed by atoms with van der Waals surface area (Å²) in [6.45, 7) is 1.76. The first-order chi connectivity index (χ1) is 9.90. The molecule has 1 aromatic heterocycles. The lowest BCUT2D eigenvalue weighted by Crippen LogP contribution is -2.14. The van der Waals surface area contributed by atoms with Gasteiger partial charge >= 0.3 is 0 Å². The molecule has 0 saturated heterocycles. The van der Waals surface area contributed by atoms with Gasteiger partial charge < -0.3 is 14.8 Å². The van der Waals surface area contributed by atoms with E-state index in [4.69, 9.17) is 9.47 Å². The largest absolute Gasteiger partial charge is 0.490 e. The van der Waals surface area contributed by atoms with E-state index in [1.165, 1.54) is 24.2 Å². The number of hydrogen-bond donors (Lipinski definition) is 1. The summed E-state index contributed by atoms with van der Waals surface area (Å²) in [6, 6.07) is 10.4. The van der Waals surface area contributed by atoms with Crippen LogP contribution >= 0.6 is 11.3 Å². The topological polar surface area (TPSA) is 56.3 Å². The highest BCUT2D eigenvalue weighted by Crippen LogP contribution is 2.22. The van der Waals surface area contributed by atoms with Crippen molar-refractivity contribution < 1.29 is 9.47 Å². The van der Waals surface area contributed by atoms with Crippen LogP contribution in [-0.2, 0) is 6.54 Å². The fraction of sp³-hybridized carbons (Fsp3) is 0.429. The molecular weight excluding hydrogens is 274 g/mol. The van der Waals surface area contributed by atoms with Gasteiger partial charge in [0.25, 0.3) is 5.19 Å². The van der Waals surface area contributed by atoms with E-state index in [-0.39, 0.29) is 0 Å². The monoisotopic (exact) mass is 291 g/mol. The molecule has 0 aliphatic heterocycles. The zero-order valence-corrected chi connectivity index (χ0v) is 11.9. The summed E-state index contributed by atoms with van der Waals surface area (Å²) in [6.07, 6.45) is 2.55. The smallest absolute Gasteiger partial charge is 0.294 e. The molecule has 1 fully saturated rings. The van der Waals surface area contributed by atoms with Gasteiger partial charge in [-0.2, -0.15) is 0 Å². The minimum absolute atomic E-state index is 0.472. The first kappa shape index (κ1) is 13.3. The molecule has 0 amide bonds. The van der Waals surface area contributed by atoms with E-state index < -0.39 is 0 Å². The molecular formula is C14H17N3O2S. The Bertz CT molecular complexity index is 528. The molecule has 1 saturated carbocycles. The van der Waals surface area contributed by atoms with Crippen LogP contribution < -0.4 is 14.8 Å². The summed E-state index contributed by atoms with van der Waals surface area (Å²) in [5, 5.41) is 13.1. The summed E-state index contributed by atoms with van der Waals surface area (Å²) < 4.78 is 11.1. The fourth-order valence-electron chi connectivity index (χ4n) is 1.69. The summed E-state index contributed by atoms with van der Waals surface area (Å²) >= 11 is 1.49. The maximum atomic E-state index is 5.54. The standard InChI is InChI=1S/C14H17N3O2S/c1-2-4-12(5-3-1)18-8-9-19-14-17-16-13(20-14)10-15-11-6-7-11/h1-5,11,15H,6-10H2. The van der Waals surface area contributed by atoms with Crippen LogP contribution in [0, 0.1) is 0 Å². The normalized spacial score (nSPS) is 14.2. The SMILES string of the molecule is c1ccc(OCCOc2nnc(CNC3CC3)s2)cc1. The first-order valence-corrected chi connectivity index (χ1v) is 7.58. The van der Waals surface area contributed by atoms with Gasteiger partial charge in [0.2, 0.25) is 0 Å². The lowest BCUT2D eigenvalue weighted by molar-refractivity contribution is 0.215. The van der Waals surface area contributed by atoms with Gasteiger partial charge in [0, 0.05) is 6.04 Å². The van der Waals surface area contributed by atoms with Crippen molar-refractivity contribution >= 4 is 11.3 Å². The summed E-state index contributed by atoms with van der Waals surface area (Å²) in [5.41, 5.74) is 0. The highest BCUT2D eigenvalue weighted by atomic mass is 32.1. The first-order valence-electron chi connectivity index (χ1n) is 6.76. The second kappa shape index (κ2) is 6.67. The molecule has 20 heavy (non-hydrogen) atoms. The van der Waals surface area contributed by atoms with Crippen LogP contribution in [0.2, 0.25) is 0 Å². The van der Waals surface area contributed by atoms with Crippen molar-refractivity contribution in [3.63, 3.8) is 0 Å². The van der Waals surface area contributed by atoms with Gasteiger partial charge in [0.15, 0.2) is 0 Å². The Hall–Kier alpha value is -1.66. The lowest BCUT2D eigenvalue weighted by atomic mass is 10.3. The number of rotatable bonds is 8. The fourth-order valence-corrected chi connectivity index (χ4v) is 2.35. The van der Waals surface area contributed by atoms with Crippen molar-refractivity contribution in [2.24, 2.45) is 0 Å². The molecule has 2 aromatic rings. The van der Waals surface area contributed by atoms with Gasteiger partial charge in [0.1, 0.15) is 24.0 Å². The molecule has 0 bridgehead atoms. The molecule has 6 heteroatoms. The van der Waals surface area contributed by atoms with Crippen molar-refractivity contribution in [1.29, 1.82) is 0 Å². The van der Waals surface area contributed by atoms with E-state index in [9.17, 15) is 0 Å². The van der Waals surface area contributed by atoms with Crippen molar-refractivity contribution in [1.82, 2.24) is 15.5 Å². The molecule has 0 atom stereocenters. The van der Waals surface area contributed by atoms with Crippen molar-refractivity contribution in [2.45, 2.75) is 25.4 Å². The lowest BCUT2D eigenvalue weighted by Gasteiger charge is -2.05. The average molecular weight is 291 g/mol. The molecule has 1 heterocycles. The van der Waals surface area contributed by atoms with Crippen LogP contribution in [0.1, 0.15) is 17.8 Å². The van der Waals surface area contributed by atoms with E-state index in [0.717, 1.165) is 17.3 Å². The van der Waals surface area contributed by atoms with E-state index in [0.29, 0.717) is 24.4 Å². The average Bonchev–Trinajstić information content (AvgIpc) is 3.21. The molecule has 1 aliphatic carbocycles. The van der Waals surface area contributed by atoms with E-state index in [2.05, 4.69) is 15.5 Å². The van der Waals surface area contributed by atoms with Crippen LogP contribution in [0.3, 0.4) is 0 Å². The highest BCUT2D eigenvalue weighted by molar-refractivity contribution is 7.13. The maximum absolute atomic E-state index is 5.54. The number of nitrogens with zero attached hydrogens (tertiary/aromatic N) is 2. The number of aromatic nitrogens is 2. The maximum Gasteiger partial charge on any atom is 0.294 e. The van der Waals surface area contributed by atoms with Crippen LogP contribution in [-0.4, -0.2) is 29.5 Å². The van der Waals surface area contributed by atoms with Crippen LogP contribution in [0.15, 0.2) is 30.3 Å². The van der Waals surface area contributed by atoms with E-state index >= 15 is 0 Å². The number of benzene rings is 1. The minimum atomic E-state index is 0.472. The Balaban J connectivity index is 1.35. The zero-order chi connectivity index (χ0) is 13.6. The van der Waals surface area contributed by atoms with E-state index in [1.807, 2.05) is 30.3 Å². The summed E-state index contributed by atoms with van der Waals surface area (Å²) in [7, 11) is 0. The van der Waals surface area contributed by atoms with Crippen LogP contribution in [0.4, 0.5) is 0 Å². The summed E-state index contributed by atoms with van der Waals surface area (Å²) in [5.74, 6) is 0.850. The van der Waals surface area contributed by atoms with Gasteiger partial charge in [-0.25, -0.2) is 0 Å². The van der Waals surface area contributed by atoms with Gasteiger partial charge in [-0.3, -0.25) is 0 Å². The molecule has 1 aromatic carbocycles. The van der Waals surface area contributed by atoms with Gasteiger partial charge in [-0.15, -0.1) is 10.2 Å². The Kier molecular flexibility index (Phi) is 4.45. The third kappa shape index (κ3) is 4.18. The number of hydrogen-bond acceptors (Lipinski definition) is 6. The second-order valence-corrected chi connectivity index (χ2v) is 5.65. The van der Waals surface area contributed by atoms with Gasteiger partial charge in [-0.1, -0.05) is 29.5 Å². The molecule has 5 nitrogen and oxygen atoms in total. The molecule has 106 valence electrons. The molecule has 0 spiro atoms. The predicted molar refractivity (Wildman–Crippen MR) is 77.2 cm³/mol. The van der Waals surface area contributed by atoms with Crippen LogP contribution in [0.25, 0.3) is 0 Å². The number of para-hydroxylation sites is 1. The molecule has 3 rings (SSSR count). The third-order valence-corrected chi connectivity index (χ3v) is 3.72. The molecule has 0 unspecified atom stereocenters. The Morgan fingerprint density at radius 1 is 1.10 bits per heavy atom. The Morgan fingerprint density at radius 2 is 1.90 bits per heavy atom. The van der Waals surface area contributed by atoms with Gasteiger partial charge in [-0.05, 0) is 25.0 Å². The van der Waals surface area contributed by atoms with E-state index in [1.54, 1.807) is 0 Å². The predicted octanol–water partition coefficient (Wildman–Crippen LogP) is 2.25. The summed E-state index contributed by atoms with van der Waals surface area (Å²) in [4.78, 5) is 0. The molecule has 1 aliphatic rings. The third-order valence-electron chi connectivity index (χ3n) is 2.89. The molecule has 0 radical (unpaired) electrons. The zero-order valence-electron chi connectivity index (χ0n) is 11.1. The minimum Gasteiger partial charge on any atom is -0.490 e. The highest BCUT2D eigenvalue weighted by Gasteiger charge is 2.20. The molecule has 1 N–H and O–H groups in total. The van der Waals surface area contributed by atoms with Crippen molar-refractivity contribution in [3.8, 4) is 10.9 Å². The number of nitrogens with one attached hydrogen (secondary N) is 1. The Labute approximate surface area is 121 Å². The van der Waals surface area contributed by atoms with Crippen molar-refractivity contribution in [2.75, 3.05) is 13.2 Å².